The number of amides is 2. The lowest BCUT2D eigenvalue weighted by Gasteiger charge is -2.30. The Kier molecular flexibility index (Phi) is 3.71. The molecule has 0 saturated carbocycles. The summed E-state index contributed by atoms with van der Waals surface area (Å²) in [5, 5.41) is 0. The zero-order valence-electron chi connectivity index (χ0n) is 12.6. The molecule has 0 aliphatic carbocycles. The van der Waals surface area contributed by atoms with Gasteiger partial charge in [-0.1, -0.05) is 6.07 Å². The van der Waals surface area contributed by atoms with E-state index in [4.69, 9.17) is 15.2 Å². The van der Waals surface area contributed by atoms with E-state index >= 15 is 0 Å². The summed E-state index contributed by atoms with van der Waals surface area (Å²) in [6.07, 6.45) is 1.48. The van der Waals surface area contributed by atoms with Gasteiger partial charge in [-0.25, -0.2) is 9.88 Å². The van der Waals surface area contributed by atoms with E-state index in [-0.39, 0.29) is 5.82 Å². The van der Waals surface area contributed by atoms with Gasteiger partial charge in [0.15, 0.2) is 11.6 Å². The second-order valence-electron chi connectivity index (χ2n) is 4.94. The second kappa shape index (κ2) is 5.69. The Morgan fingerprint density at radius 1 is 1.17 bits per heavy atom. The van der Waals surface area contributed by atoms with Gasteiger partial charge < -0.3 is 15.2 Å². The van der Waals surface area contributed by atoms with Gasteiger partial charge in [-0.2, -0.15) is 0 Å². The summed E-state index contributed by atoms with van der Waals surface area (Å²) in [5.74, 6) is -0.125. The Morgan fingerprint density at radius 3 is 2.65 bits per heavy atom. The standard InChI is InChI=1S/C16H15N3O4/c1-22-9-5-6-10-11(8-9)15(20)19(16(21)13(10)17)14-12(23-2)4-3-7-18-14/h3-8,13H,17H2,1-2H3. The van der Waals surface area contributed by atoms with Crippen LogP contribution in [-0.4, -0.2) is 31.0 Å². The molecule has 1 aromatic heterocycles. The van der Waals surface area contributed by atoms with Crippen molar-refractivity contribution in [1.82, 2.24) is 4.98 Å². The molecule has 118 valence electrons. The van der Waals surface area contributed by atoms with Gasteiger partial charge in [-0.05, 0) is 29.8 Å². The zero-order valence-corrected chi connectivity index (χ0v) is 12.6. The van der Waals surface area contributed by atoms with Crippen molar-refractivity contribution in [1.29, 1.82) is 0 Å². The van der Waals surface area contributed by atoms with Crippen molar-refractivity contribution in [2.24, 2.45) is 5.73 Å². The van der Waals surface area contributed by atoms with E-state index in [0.717, 1.165) is 4.90 Å². The first-order valence-corrected chi connectivity index (χ1v) is 6.89. The summed E-state index contributed by atoms with van der Waals surface area (Å²) in [4.78, 5) is 30.4. The predicted octanol–water partition coefficient (Wildman–Crippen LogP) is 1.29. The summed E-state index contributed by atoms with van der Waals surface area (Å²) < 4.78 is 10.3. The minimum Gasteiger partial charge on any atom is -0.497 e. The number of pyridine rings is 1. The topological polar surface area (TPSA) is 94.7 Å². The third-order valence-corrected chi connectivity index (χ3v) is 3.70. The molecule has 0 saturated heterocycles. The molecule has 2 heterocycles. The summed E-state index contributed by atoms with van der Waals surface area (Å²) in [6, 6.07) is 7.16. The van der Waals surface area contributed by atoms with Crippen molar-refractivity contribution in [2.45, 2.75) is 6.04 Å². The van der Waals surface area contributed by atoms with Crippen LogP contribution in [0.15, 0.2) is 36.5 Å². The van der Waals surface area contributed by atoms with Gasteiger partial charge in [0.1, 0.15) is 11.8 Å². The van der Waals surface area contributed by atoms with Crippen molar-refractivity contribution < 1.29 is 19.1 Å². The van der Waals surface area contributed by atoms with Crippen molar-refractivity contribution in [2.75, 3.05) is 19.1 Å². The number of ether oxygens (including phenoxy) is 2. The molecule has 1 aliphatic heterocycles. The van der Waals surface area contributed by atoms with E-state index in [1.807, 2.05) is 0 Å². The Bertz CT molecular complexity index is 791. The number of nitrogens with two attached hydrogens (primary N) is 1. The molecule has 0 spiro atoms. The molecule has 1 atom stereocenters. The Hall–Kier alpha value is -2.93. The Labute approximate surface area is 132 Å². The van der Waals surface area contributed by atoms with Crippen LogP contribution in [0.4, 0.5) is 5.82 Å². The smallest absolute Gasteiger partial charge is 0.266 e. The molecule has 1 unspecified atom stereocenters. The molecular weight excluding hydrogens is 298 g/mol. The number of carbonyl (C=O) groups is 2. The molecule has 2 amide bonds. The number of hydrogen-bond donors (Lipinski definition) is 1. The third-order valence-electron chi connectivity index (χ3n) is 3.70. The molecule has 7 nitrogen and oxygen atoms in total. The minimum atomic E-state index is -0.958. The molecule has 23 heavy (non-hydrogen) atoms. The quantitative estimate of drug-likeness (QED) is 0.858. The van der Waals surface area contributed by atoms with E-state index in [2.05, 4.69) is 4.98 Å². The molecule has 2 aromatic rings. The number of carbonyl (C=O) groups excluding carboxylic acids is 2. The molecule has 0 fully saturated rings. The highest BCUT2D eigenvalue weighted by Crippen LogP contribution is 2.34. The maximum atomic E-state index is 12.8. The van der Waals surface area contributed by atoms with E-state index in [1.54, 1.807) is 30.3 Å². The summed E-state index contributed by atoms with van der Waals surface area (Å²) in [7, 11) is 2.94. The molecule has 7 heteroatoms. The van der Waals surface area contributed by atoms with E-state index in [9.17, 15) is 9.59 Å². The van der Waals surface area contributed by atoms with Gasteiger partial charge in [0.05, 0.1) is 14.2 Å². The maximum absolute atomic E-state index is 12.8. The lowest BCUT2D eigenvalue weighted by molar-refractivity contribution is -0.119. The number of rotatable bonds is 3. The van der Waals surface area contributed by atoms with E-state index < -0.39 is 17.9 Å². The molecule has 3 rings (SSSR count). The number of aromatic nitrogens is 1. The van der Waals surface area contributed by atoms with Crippen LogP contribution < -0.4 is 20.1 Å². The van der Waals surface area contributed by atoms with Gasteiger partial charge in [-0.15, -0.1) is 0 Å². The fraction of sp³-hybridized carbons (Fsp3) is 0.188. The van der Waals surface area contributed by atoms with Crippen LogP contribution >= 0.6 is 0 Å². The highest BCUT2D eigenvalue weighted by atomic mass is 16.5. The predicted molar refractivity (Wildman–Crippen MR) is 82.5 cm³/mol. The Balaban J connectivity index is 2.16. The van der Waals surface area contributed by atoms with Crippen molar-refractivity contribution in [3.05, 3.63) is 47.7 Å². The fourth-order valence-corrected chi connectivity index (χ4v) is 2.52. The van der Waals surface area contributed by atoms with Crippen LogP contribution in [0, 0.1) is 0 Å². The van der Waals surface area contributed by atoms with Crippen LogP contribution in [0.1, 0.15) is 22.0 Å². The molecule has 1 aromatic carbocycles. The van der Waals surface area contributed by atoms with Crippen LogP contribution in [0.2, 0.25) is 0 Å². The summed E-state index contributed by atoms with van der Waals surface area (Å²) in [5.41, 5.74) is 6.78. The van der Waals surface area contributed by atoms with Crippen LogP contribution in [-0.2, 0) is 4.79 Å². The lowest BCUT2D eigenvalue weighted by Crippen LogP contribution is -2.48. The van der Waals surface area contributed by atoms with Crippen LogP contribution in [0.25, 0.3) is 0 Å². The largest absolute Gasteiger partial charge is 0.497 e. The SMILES string of the molecule is COc1ccc2c(c1)C(=O)N(c1ncccc1OC)C(=O)C2N. The number of imide groups is 1. The minimum absolute atomic E-state index is 0.119. The van der Waals surface area contributed by atoms with Crippen LogP contribution in [0.5, 0.6) is 11.5 Å². The molecule has 2 N–H and O–H groups in total. The highest BCUT2D eigenvalue weighted by molar-refractivity contribution is 6.26. The zero-order chi connectivity index (χ0) is 16.6. The maximum Gasteiger partial charge on any atom is 0.266 e. The van der Waals surface area contributed by atoms with Gasteiger partial charge in [0, 0.05) is 11.8 Å². The summed E-state index contributed by atoms with van der Waals surface area (Å²) >= 11 is 0. The Morgan fingerprint density at radius 2 is 1.96 bits per heavy atom. The average molecular weight is 313 g/mol. The third kappa shape index (κ3) is 2.31. The molecule has 0 bridgehead atoms. The molecule has 0 radical (unpaired) electrons. The number of nitrogens with zero attached hydrogens (tertiary/aromatic N) is 2. The van der Waals surface area contributed by atoms with E-state index in [0.29, 0.717) is 22.6 Å². The number of fused-ring (bicyclic) bond motifs is 1. The first kappa shape index (κ1) is 15.0. The van der Waals surface area contributed by atoms with E-state index in [1.165, 1.54) is 20.4 Å². The first-order valence-electron chi connectivity index (χ1n) is 6.89. The van der Waals surface area contributed by atoms with Gasteiger partial charge in [-0.3, -0.25) is 9.59 Å². The second-order valence-corrected chi connectivity index (χ2v) is 4.94. The number of methoxy groups -OCH3 is 2. The average Bonchev–Trinajstić information content (AvgIpc) is 2.60. The molecular formula is C16H15N3O4. The molecule has 1 aliphatic rings. The fourth-order valence-electron chi connectivity index (χ4n) is 2.52. The van der Waals surface area contributed by atoms with Crippen molar-refractivity contribution in [3.8, 4) is 11.5 Å². The van der Waals surface area contributed by atoms with Gasteiger partial charge in [0.2, 0.25) is 0 Å². The van der Waals surface area contributed by atoms with Crippen molar-refractivity contribution >= 4 is 17.6 Å². The first-order chi connectivity index (χ1) is 11.1. The van der Waals surface area contributed by atoms with Crippen LogP contribution in [0.3, 0.4) is 0 Å². The number of hydrogen-bond acceptors (Lipinski definition) is 6. The monoisotopic (exact) mass is 313 g/mol. The van der Waals surface area contributed by atoms with Gasteiger partial charge in [0.25, 0.3) is 11.8 Å². The normalized spacial score (nSPS) is 17.0. The summed E-state index contributed by atoms with van der Waals surface area (Å²) in [6.45, 7) is 0. The van der Waals surface area contributed by atoms with Gasteiger partial charge >= 0.3 is 0 Å². The number of benzene rings is 1. The number of anilines is 1. The van der Waals surface area contributed by atoms with Crippen molar-refractivity contribution in [3.63, 3.8) is 0 Å². The lowest BCUT2D eigenvalue weighted by atomic mass is 9.94. The highest BCUT2D eigenvalue weighted by Gasteiger charge is 2.39.